The highest BCUT2D eigenvalue weighted by Crippen LogP contribution is 2.03. The van der Waals surface area contributed by atoms with Crippen LogP contribution in [0.5, 0.6) is 0 Å². The normalized spacial score (nSPS) is 11.2. The zero-order valence-electron chi connectivity index (χ0n) is 13.7. The lowest BCUT2D eigenvalue weighted by molar-refractivity contribution is -0.120. The minimum atomic E-state index is -0.334. The summed E-state index contributed by atoms with van der Waals surface area (Å²) in [6.45, 7) is 4.87. The third-order valence-electron chi connectivity index (χ3n) is 2.90. The average Bonchev–Trinajstić information content (AvgIpc) is 2.51. The predicted octanol–water partition coefficient (Wildman–Crippen LogP) is 0.686. The number of guanidine groups is 1. The molecule has 0 saturated heterocycles. The maximum Gasteiger partial charge on any atom is 0.224 e. The lowest BCUT2D eigenvalue weighted by atomic mass is 10.1. The Morgan fingerprint density at radius 1 is 1.26 bits per heavy atom. The van der Waals surface area contributed by atoms with Gasteiger partial charge in [-0.15, -0.1) is 0 Å². The number of rotatable bonds is 9. The van der Waals surface area contributed by atoms with Gasteiger partial charge in [-0.3, -0.25) is 9.79 Å². The van der Waals surface area contributed by atoms with Gasteiger partial charge in [-0.1, -0.05) is 12.1 Å². The van der Waals surface area contributed by atoms with Crippen molar-refractivity contribution in [1.82, 2.24) is 16.0 Å². The summed E-state index contributed by atoms with van der Waals surface area (Å²) in [7, 11) is 1.63. The van der Waals surface area contributed by atoms with Gasteiger partial charge in [-0.2, -0.15) is 0 Å². The molecule has 3 N–H and O–H groups in total. The van der Waals surface area contributed by atoms with Crippen molar-refractivity contribution < 1.29 is 13.9 Å². The molecule has 0 aliphatic rings. The number of hydrogen-bond donors (Lipinski definition) is 3. The highest BCUT2D eigenvalue weighted by atomic mass is 19.1. The van der Waals surface area contributed by atoms with Gasteiger partial charge >= 0.3 is 0 Å². The Kier molecular flexibility index (Phi) is 9.38. The Balaban J connectivity index is 2.26. The topological polar surface area (TPSA) is 74.8 Å². The highest BCUT2D eigenvalue weighted by molar-refractivity contribution is 5.80. The van der Waals surface area contributed by atoms with Crippen LogP contribution < -0.4 is 16.0 Å². The van der Waals surface area contributed by atoms with E-state index in [1.807, 2.05) is 6.92 Å². The molecule has 0 aromatic heterocycles. The van der Waals surface area contributed by atoms with E-state index in [1.54, 1.807) is 19.2 Å². The molecule has 1 amide bonds. The Labute approximate surface area is 136 Å². The number of benzene rings is 1. The van der Waals surface area contributed by atoms with Crippen molar-refractivity contribution in [3.63, 3.8) is 0 Å². The minimum Gasteiger partial charge on any atom is -0.383 e. The summed E-state index contributed by atoms with van der Waals surface area (Å²) < 4.78 is 18.0. The summed E-state index contributed by atoms with van der Waals surface area (Å²) in [4.78, 5) is 16.1. The lowest BCUT2D eigenvalue weighted by Crippen LogP contribution is -2.42. The molecular weight excluding hydrogens is 299 g/mol. The molecule has 0 aliphatic heterocycles. The number of nitrogens with zero attached hydrogens (tertiary/aromatic N) is 1. The second-order valence-corrected chi connectivity index (χ2v) is 4.84. The number of nitrogens with one attached hydrogen (secondary N) is 3. The smallest absolute Gasteiger partial charge is 0.224 e. The first kappa shape index (κ1) is 18.9. The van der Waals surface area contributed by atoms with Gasteiger partial charge in [0.15, 0.2) is 5.96 Å². The van der Waals surface area contributed by atoms with Gasteiger partial charge in [-0.05, 0) is 24.6 Å². The Morgan fingerprint density at radius 3 is 2.74 bits per heavy atom. The number of hydrogen-bond acceptors (Lipinski definition) is 3. The number of halogens is 1. The number of carbonyl (C=O) groups is 1. The molecule has 0 radical (unpaired) electrons. The molecule has 0 atom stereocenters. The van der Waals surface area contributed by atoms with Crippen LogP contribution in [-0.4, -0.2) is 51.8 Å². The molecule has 0 fully saturated rings. The van der Waals surface area contributed by atoms with Gasteiger partial charge < -0.3 is 20.7 Å². The molecule has 1 aromatic rings. The lowest BCUT2D eigenvalue weighted by Gasteiger charge is -2.11. The number of ether oxygens (including phenoxy) is 1. The molecule has 1 aromatic carbocycles. The zero-order chi connectivity index (χ0) is 16.9. The van der Waals surface area contributed by atoms with E-state index in [-0.39, 0.29) is 18.1 Å². The maximum absolute atomic E-state index is 13.0. The Hall–Kier alpha value is -2.15. The van der Waals surface area contributed by atoms with Crippen molar-refractivity contribution in [2.45, 2.75) is 13.3 Å². The van der Waals surface area contributed by atoms with Crippen LogP contribution in [0.3, 0.4) is 0 Å². The molecule has 6 nitrogen and oxygen atoms in total. The van der Waals surface area contributed by atoms with Crippen LogP contribution in [0, 0.1) is 5.82 Å². The Bertz CT molecular complexity index is 509. The van der Waals surface area contributed by atoms with Crippen molar-refractivity contribution in [3.05, 3.63) is 35.6 Å². The molecule has 1 rings (SSSR count). The molecule has 0 unspecified atom stereocenters. The fourth-order valence-corrected chi connectivity index (χ4v) is 1.87. The summed E-state index contributed by atoms with van der Waals surface area (Å²) in [6.07, 6.45) is 0.166. The van der Waals surface area contributed by atoms with Crippen molar-refractivity contribution in [2.75, 3.05) is 39.9 Å². The molecule has 0 heterocycles. The van der Waals surface area contributed by atoms with Gasteiger partial charge in [0.1, 0.15) is 5.82 Å². The van der Waals surface area contributed by atoms with Crippen molar-refractivity contribution >= 4 is 11.9 Å². The summed E-state index contributed by atoms with van der Waals surface area (Å²) in [5.74, 6) is 0.210. The van der Waals surface area contributed by atoms with Gasteiger partial charge in [0.2, 0.25) is 5.91 Å². The Morgan fingerprint density at radius 2 is 2.04 bits per heavy atom. The van der Waals surface area contributed by atoms with Crippen LogP contribution >= 0.6 is 0 Å². The molecule has 128 valence electrons. The zero-order valence-corrected chi connectivity index (χ0v) is 13.7. The number of carbonyl (C=O) groups excluding carboxylic acids is 1. The van der Waals surface area contributed by atoms with Crippen molar-refractivity contribution in [3.8, 4) is 0 Å². The van der Waals surface area contributed by atoms with Crippen LogP contribution in [0.2, 0.25) is 0 Å². The number of methoxy groups -OCH3 is 1. The third-order valence-corrected chi connectivity index (χ3v) is 2.90. The second kappa shape index (κ2) is 11.4. The van der Waals surface area contributed by atoms with E-state index >= 15 is 0 Å². The van der Waals surface area contributed by atoms with Crippen LogP contribution in [0.1, 0.15) is 12.5 Å². The summed E-state index contributed by atoms with van der Waals surface area (Å²) >= 11 is 0. The largest absolute Gasteiger partial charge is 0.383 e. The first-order valence-corrected chi connectivity index (χ1v) is 7.68. The van der Waals surface area contributed by atoms with E-state index in [2.05, 4.69) is 20.9 Å². The van der Waals surface area contributed by atoms with E-state index in [9.17, 15) is 9.18 Å². The average molecular weight is 324 g/mol. The highest BCUT2D eigenvalue weighted by Gasteiger charge is 2.04. The van der Waals surface area contributed by atoms with Gasteiger partial charge in [-0.25, -0.2) is 4.39 Å². The second-order valence-electron chi connectivity index (χ2n) is 4.84. The molecule has 0 spiro atoms. The van der Waals surface area contributed by atoms with Crippen LogP contribution in [0.25, 0.3) is 0 Å². The number of amides is 1. The molecule has 0 bridgehead atoms. The number of aliphatic imine (C=N–C) groups is 1. The standard InChI is InChI=1S/C16H25FN4O2/c1-3-18-16(21-9-10-23-2)20-8-7-19-15(22)12-13-5-4-6-14(17)11-13/h4-6,11H,3,7-10,12H2,1-2H3,(H,19,22)(H2,18,20,21). The fourth-order valence-electron chi connectivity index (χ4n) is 1.87. The first-order chi connectivity index (χ1) is 11.2. The summed E-state index contributed by atoms with van der Waals surface area (Å²) in [5, 5.41) is 9.01. The minimum absolute atomic E-state index is 0.140. The molecular formula is C16H25FN4O2. The maximum atomic E-state index is 13.0. The van der Waals surface area contributed by atoms with E-state index < -0.39 is 0 Å². The van der Waals surface area contributed by atoms with Crippen LogP contribution in [0.4, 0.5) is 4.39 Å². The van der Waals surface area contributed by atoms with Gasteiger partial charge in [0.25, 0.3) is 0 Å². The van der Waals surface area contributed by atoms with E-state index in [1.165, 1.54) is 12.1 Å². The van der Waals surface area contributed by atoms with E-state index in [0.717, 1.165) is 6.54 Å². The van der Waals surface area contributed by atoms with Crippen LogP contribution in [-0.2, 0) is 16.0 Å². The molecule has 23 heavy (non-hydrogen) atoms. The van der Waals surface area contributed by atoms with Crippen LogP contribution in [0.15, 0.2) is 29.3 Å². The quantitative estimate of drug-likeness (QED) is 0.355. The first-order valence-electron chi connectivity index (χ1n) is 7.68. The van der Waals surface area contributed by atoms with Crippen molar-refractivity contribution in [2.24, 2.45) is 4.99 Å². The summed E-state index contributed by atoms with van der Waals surface area (Å²) in [6, 6.07) is 6.05. The fraction of sp³-hybridized carbons (Fsp3) is 0.500. The monoisotopic (exact) mass is 324 g/mol. The predicted molar refractivity (Wildman–Crippen MR) is 89.0 cm³/mol. The van der Waals surface area contributed by atoms with E-state index in [0.29, 0.717) is 37.8 Å². The SMILES string of the molecule is CCNC(=NCCOC)NCCNC(=O)Cc1cccc(F)c1. The van der Waals surface area contributed by atoms with Gasteiger partial charge in [0.05, 0.1) is 19.6 Å². The molecule has 0 saturated carbocycles. The van der Waals surface area contributed by atoms with E-state index in [4.69, 9.17) is 4.74 Å². The van der Waals surface area contributed by atoms with Crippen molar-refractivity contribution in [1.29, 1.82) is 0 Å². The van der Waals surface area contributed by atoms with Gasteiger partial charge in [0, 0.05) is 26.7 Å². The third kappa shape index (κ3) is 8.77. The summed E-state index contributed by atoms with van der Waals surface area (Å²) in [5.41, 5.74) is 0.657. The molecule has 7 heteroatoms. The molecule has 0 aliphatic carbocycles.